The Kier molecular flexibility index (Phi) is 6.45. The average Bonchev–Trinajstić information content (AvgIpc) is 3.54. The molecule has 1 atom stereocenters. The number of nitrogens with one attached hydrogen (secondary N) is 1. The first-order chi connectivity index (χ1) is 17.7. The van der Waals surface area contributed by atoms with E-state index in [-0.39, 0.29) is 11.6 Å². The molecule has 1 amide bonds. The van der Waals surface area contributed by atoms with Crippen molar-refractivity contribution in [1.29, 1.82) is 0 Å². The Hall–Kier alpha value is -4.14. The summed E-state index contributed by atoms with van der Waals surface area (Å²) in [6, 6.07) is 12.2. The lowest BCUT2D eigenvalue weighted by molar-refractivity contribution is -0.137. The Morgan fingerprint density at radius 2 is 1.89 bits per heavy atom. The lowest BCUT2D eigenvalue weighted by Crippen LogP contribution is -2.20. The molecular weight excluding hydrogens is 479 g/mol. The molecule has 0 radical (unpaired) electrons. The van der Waals surface area contributed by atoms with Gasteiger partial charge >= 0.3 is 6.18 Å². The van der Waals surface area contributed by atoms with Crippen LogP contribution in [0.1, 0.15) is 39.4 Å². The van der Waals surface area contributed by atoms with Crippen molar-refractivity contribution in [1.82, 2.24) is 14.8 Å². The maximum atomic E-state index is 13.0. The van der Waals surface area contributed by atoms with Crippen LogP contribution in [0.2, 0.25) is 0 Å². The summed E-state index contributed by atoms with van der Waals surface area (Å²) in [5.41, 5.74) is 4.89. The summed E-state index contributed by atoms with van der Waals surface area (Å²) < 4.78 is 40.9. The third-order valence-corrected chi connectivity index (χ3v) is 6.74. The Morgan fingerprint density at radius 3 is 2.65 bits per heavy atom. The second-order valence-corrected chi connectivity index (χ2v) is 9.37. The number of hydrogen-bond acceptors (Lipinski definition) is 4. The van der Waals surface area contributed by atoms with Gasteiger partial charge in [0.2, 0.25) is 0 Å². The van der Waals surface area contributed by atoms with Crippen LogP contribution < -0.4 is 10.2 Å². The molecular formula is C28H26F3N5O. The third kappa shape index (κ3) is 5.35. The van der Waals surface area contributed by atoms with Gasteiger partial charge < -0.3 is 10.2 Å². The van der Waals surface area contributed by atoms with Crippen LogP contribution in [0.3, 0.4) is 0 Å². The molecule has 1 aliphatic rings. The number of carbonyl (C=O) groups excluding carboxylic acids is 1. The number of anilines is 2. The molecule has 0 bridgehead atoms. The molecule has 0 aliphatic carbocycles. The lowest BCUT2D eigenvalue weighted by Gasteiger charge is -2.20. The van der Waals surface area contributed by atoms with Crippen LogP contribution in [0.5, 0.6) is 0 Å². The number of amides is 1. The minimum Gasteiger partial charge on any atom is -0.370 e. The number of nitrogens with zero attached hydrogens (tertiary/aromatic N) is 4. The number of hydrogen-bond donors (Lipinski definition) is 1. The third-order valence-electron chi connectivity index (χ3n) is 6.74. The molecule has 0 spiro atoms. The molecule has 37 heavy (non-hydrogen) atoms. The summed E-state index contributed by atoms with van der Waals surface area (Å²) in [5.74, 6) is -0.229. The molecule has 6 nitrogen and oxygen atoms in total. The Bertz CT molecular complexity index is 1450. The zero-order valence-corrected chi connectivity index (χ0v) is 20.5. The number of aryl methyl sites for hydroxylation is 2. The fourth-order valence-corrected chi connectivity index (χ4v) is 4.78. The Labute approximate surface area is 212 Å². The Balaban J connectivity index is 1.32. The quantitative estimate of drug-likeness (QED) is 0.358. The summed E-state index contributed by atoms with van der Waals surface area (Å²) in [6.07, 6.45) is 3.88. The topological polar surface area (TPSA) is 63.1 Å². The van der Waals surface area contributed by atoms with E-state index in [2.05, 4.69) is 26.4 Å². The van der Waals surface area contributed by atoms with Gasteiger partial charge in [-0.25, -0.2) is 0 Å². The van der Waals surface area contributed by atoms with Crippen LogP contribution in [-0.4, -0.2) is 33.8 Å². The highest BCUT2D eigenvalue weighted by Gasteiger charge is 2.31. The second kappa shape index (κ2) is 9.72. The second-order valence-electron chi connectivity index (χ2n) is 9.37. The molecule has 1 N–H and O–H groups in total. The number of halogens is 3. The van der Waals surface area contributed by atoms with Crippen molar-refractivity contribution in [3.63, 3.8) is 0 Å². The first kappa shape index (κ1) is 24.5. The first-order valence-corrected chi connectivity index (χ1v) is 12.0. The van der Waals surface area contributed by atoms with Gasteiger partial charge in [0.15, 0.2) is 0 Å². The van der Waals surface area contributed by atoms with E-state index in [0.717, 1.165) is 59.6 Å². The minimum absolute atomic E-state index is 0.106. The van der Waals surface area contributed by atoms with Crippen LogP contribution in [0.15, 0.2) is 73.3 Å². The van der Waals surface area contributed by atoms with E-state index in [4.69, 9.17) is 0 Å². The number of aromatic nitrogens is 3. The van der Waals surface area contributed by atoms with Crippen molar-refractivity contribution >= 4 is 17.3 Å². The number of pyridine rings is 1. The van der Waals surface area contributed by atoms with Gasteiger partial charge in [0.05, 0.1) is 23.6 Å². The number of benzene rings is 2. The van der Waals surface area contributed by atoms with Gasteiger partial charge in [-0.15, -0.1) is 0 Å². The summed E-state index contributed by atoms with van der Waals surface area (Å²) in [5, 5.41) is 6.84. The Morgan fingerprint density at radius 1 is 1.05 bits per heavy atom. The lowest BCUT2D eigenvalue weighted by atomic mass is 9.92. The maximum Gasteiger partial charge on any atom is 0.416 e. The first-order valence-electron chi connectivity index (χ1n) is 12.0. The largest absolute Gasteiger partial charge is 0.416 e. The molecule has 190 valence electrons. The molecule has 9 heteroatoms. The molecule has 2 aromatic carbocycles. The van der Waals surface area contributed by atoms with Crippen molar-refractivity contribution in [2.24, 2.45) is 7.05 Å². The minimum atomic E-state index is -4.47. The van der Waals surface area contributed by atoms with Gasteiger partial charge in [0, 0.05) is 60.8 Å². The predicted octanol–water partition coefficient (Wildman–Crippen LogP) is 6.06. The van der Waals surface area contributed by atoms with Gasteiger partial charge in [-0.3, -0.25) is 14.5 Å². The zero-order valence-electron chi connectivity index (χ0n) is 20.5. The SMILES string of the molecule is Cc1ccc(C(=O)Nc2cccc(C(F)(F)F)c2)cc1C1CCN(c2cncc(-c3cnn(C)c3)c2)C1. The van der Waals surface area contributed by atoms with Crippen LogP contribution in [0, 0.1) is 6.92 Å². The van der Waals surface area contributed by atoms with Gasteiger partial charge in [-0.2, -0.15) is 18.3 Å². The van der Waals surface area contributed by atoms with Crippen molar-refractivity contribution in [3.05, 3.63) is 95.6 Å². The summed E-state index contributed by atoms with van der Waals surface area (Å²) >= 11 is 0. The van der Waals surface area contributed by atoms with Gasteiger partial charge in [0.1, 0.15) is 0 Å². The predicted molar refractivity (Wildman–Crippen MR) is 137 cm³/mol. The van der Waals surface area contributed by atoms with Gasteiger partial charge in [-0.1, -0.05) is 12.1 Å². The summed E-state index contributed by atoms with van der Waals surface area (Å²) in [4.78, 5) is 19.6. The van der Waals surface area contributed by atoms with Crippen molar-refractivity contribution in [2.45, 2.75) is 25.4 Å². The summed E-state index contributed by atoms with van der Waals surface area (Å²) in [6.45, 7) is 3.64. The molecule has 1 fully saturated rings. The highest BCUT2D eigenvalue weighted by atomic mass is 19.4. The molecule has 0 saturated carbocycles. The highest BCUT2D eigenvalue weighted by molar-refractivity contribution is 6.04. The van der Waals surface area contributed by atoms with E-state index in [1.807, 2.05) is 50.9 Å². The normalized spacial score (nSPS) is 15.7. The summed E-state index contributed by atoms with van der Waals surface area (Å²) in [7, 11) is 1.88. The molecule has 5 rings (SSSR count). The smallest absolute Gasteiger partial charge is 0.370 e. The monoisotopic (exact) mass is 505 g/mol. The molecule has 1 unspecified atom stereocenters. The maximum absolute atomic E-state index is 13.0. The van der Waals surface area contributed by atoms with E-state index >= 15 is 0 Å². The van der Waals surface area contributed by atoms with Crippen LogP contribution >= 0.6 is 0 Å². The molecule has 3 heterocycles. The average molecular weight is 506 g/mol. The van der Waals surface area contributed by atoms with E-state index in [9.17, 15) is 18.0 Å². The van der Waals surface area contributed by atoms with E-state index in [1.54, 1.807) is 10.7 Å². The van der Waals surface area contributed by atoms with Crippen LogP contribution in [0.25, 0.3) is 11.1 Å². The molecule has 1 saturated heterocycles. The number of alkyl halides is 3. The van der Waals surface area contributed by atoms with E-state index in [1.165, 1.54) is 12.1 Å². The van der Waals surface area contributed by atoms with E-state index < -0.39 is 17.6 Å². The van der Waals surface area contributed by atoms with Gasteiger partial charge in [-0.05, 0) is 60.9 Å². The van der Waals surface area contributed by atoms with Crippen molar-refractivity contribution in [3.8, 4) is 11.1 Å². The van der Waals surface area contributed by atoms with Crippen molar-refractivity contribution in [2.75, 3.05) is 23.3 Å². The van der Waals surface area contributed by atoms with Crippen LogP contribution in [-0.2, 0) is 13.2 Å². The zero-order chi connectivity index (χ0) is 26.2. The fourth-order valence-electron chi connectivity index (χ4n) is 4.78. The molecule has 1 aliphatic heterocycles. The standard InChI is InChI=1S/C28H26F3N5O/c1-18-6-7-19(27(37)34-24-5-3-4-23(12-24)28(29,30)31)11-26(18)20-8-9-36(17-20)25-10-21(13-32-15-25)22-14-33-35(2)16-22/h3-7,10-16,20H,8-9,17H2,1-2H3,(H,34,37). The van der Waals surface area contributed by atoms with E-state index in [0.29, 0.717) is 5.56 Å². The highest BCUT2D eigenvalue weighted by Crippen LogP contribution is 2.34. The van der Waals surface area contributed by atoms with Gasteiger partial charge in [0.25, 0.3) is 5.91 Å². The molecule has 4 aromatic rings. The fraction of sp³-hybridized carbons (Fsp3) is 0.250. The molecule has 2 aromatic heterocycles. The van der Waals surface area contributed by atoms with Crippen LogP contribution in [0.4, 0.5) is 24.5 Å². The number of rotatable bonds is 5. The van der Waals surface area contributed by atoms with Crippen molar-refractivity contribution < 1.29 is 18.0 Å². The number of carbonyl (C=O) groups is 1.